The number of carbonyl (C=O) groups is 2. The standard InChI is InChI=1S/C25H27N3O3/c1-17-12-14-28(15-13-19-8-6-5-7-9-19)25(31)22(17)23(29)26-21-11-10-20(16-18(21)2)24(30)27(3)4/h5-12,14,16H,13,15H2,1-4H3,(H,26,29). The Morgan fingerprint density at radius 2 is 1.68 bits per heavy atom. The van der Waals surface area contributed by atoms with Crippen LogP contribution in [-0.2, 0) is 13.0 Å². The molecule has 0 saturated heterocycles. The average Bonchev–Trinajstić information content (AvgIpc) is 2.74. The number of nitrogens with zero attached hydrogens (tertiary/aromatic N) is 2. The quantitative estimate of drug-likeness (QED) is 0.665. The molecular formula is C25H27N3O3. The summed E-state index contributed by atoms with van der Waals surface area (Å²) in [4.78, 5) is 39.6. The van der Waals surface area contributed by atoms with E-state index in [4.69, 9.17) is 0 Å². The molecule has 0 radical (unpaired) electrons. The van der Waals surface area contributed by atoms with Crippen molar-refractivity contribution in [3.8, 4) is 0 Å². The highest BCUT2D eigenvalue weighted by Crippen LogP contribution is 2.18. The number of nitrogens with one attached hydrogen (secondary N) is 1. The zero-order valence-corrected chi connectivity index (χ0v) is 18.3. The molecule has 0 spiro atoms. The van der Waals surface area contributed by atoms with Crippen LogP contribution in [0.3, 0.4) is 0 Å². The van der Waals surface area contributed by atoms with Gasteiger partial charge in [-0.2, -0.15) is 0 Å². The molecule has 0 aliphatic rings. The number of pyridine rings is 1. The molecule has 2 amide bonds. The Morgan fingerprint density at radius 1 is 0.968 bits per heavy atom. The van der Waals surface area contributed by atoms with E-state index in [0.717, 1.165) is 11.1 Å². The predicted octanol–water partition coefficient (Wildman–Crippen LogP) is 3.66. The van der Waals surface area contributed by atoms with E-state index in [0.29, 0.717) is 29.8 Å². The molecule has 6 heteroatoms. The third kappa shape index (κ3) is 5.09. The summed E-state index contributed by atoms with van der Waals surface area (Å²) >= 11 is 0. The average molecular weight is 418 g/mol. The molecule has 0 bridgehead atoms. The Kier molecular flexibility index (Phi) is 6.70. The summed E-state index contributed by atoms with van der Waals surface area (Å²) in [5.74, 6) is -0.562. The van der Waals surface area contributed by atoms with Gasteiger partial charge in [-0.25, -0.2) is 0 Å². The van der Waals surface area contributed by atoms with Crippen molar-refractivity contribution in [3.63, 3.8) is 0 Å². The molecule has 1 N–H and O–H groups in total. The van der Waals surface area contributed by atoms with Crippen LogP contribution >= 0.6 is 0 Å². The van der Waals surface area contributed by atoms with Crippen LogP contribution in [0.5, 0.6) is 0 Å². The van der Waals surface area contributed by atoms with Crippen LogP contribution in [0.2, 0.25) is 0 Å². The largest absolute Gasteiger partial charge is 0.345 e. The Hall–Kier alpha value is -3.67. The highest BCUT2D eigenvalue weighted by atomic mass is 16.2. The van der Waals surface area contributed by atoms with E-state index < -0.39 is 5.91 Å². The molecule has 31 heavy (non-hydrogen) atoms. The number of rotatable bonds is 6. The first-order valence-corrected chi connectivity index (χ1v) is 10.2. The molecule has 0 saturated carbocycles. The van der Waals surface area contributed by atoms with E-state index in [9.17, 15) is 14.4 Å². The van der Waals surface area contributed by atoms with Gasteiger partial charge in [-0.15, -0.1) is 0 Å². The fraction of sp³-hybridized carbons (Fsp3) is 0.240. The number of benzene rings is 2. The van der Waals surface area contributed by atoms with E-state index in [1.165, 1.54) is 4.90 Å². The molecule has 2 aromatic carbocycles. The Labute approximate surface area is 182 Å². The summed E-state index contributed by atoms with van der Waals surface area (Å²) in [6.07, 6.45) is 2.43. The molecule has 1 aromatic heterocycles. The van der Waals surface area contributed by atoms with Crippen LogP contribution in [0, 0.1) is 13.8 Å². The van der Waals surface area contributed by atoms with Gasteiger partial charge in [-0.1, -0.05) is 30.3 Å². The number of amides is 2. The third-order valence-corrected chi connectivity index (χ3v) is 5.21. The molecule has 1 heterocycles. The molecule has 160 valence electrons. The molecule has 0 aliphatic heterocycles. The van der Waals surface area contributed by atoms with Gasteiger partial charge in [0, 0.05) is 38.1 Å². The second-order valence-corrected chi connectivity index (χ2v) is 7.79. The first-order chi connectivity index (χ1) is 14.8. The maximum absolute atomic E-state index is 13.0. The van der Waals surface area contributed by atoms with Crippen molar-refractivity contribution < 1.29 is 9.59 Å². The molecule has 3 rings (SSSR count). The summed E-state index contributed by atoms with van der Waals surface area (Å²) in [5.41, 5.74) is 3.42. The number of aryl methyl sites for hydroxylation is 4. The Morgan fingerprint density at radius 3 is 2.32 bits per heavy atom. The van der Waals surface area contributed by atoms with E-state index in [-0.39, 0.29) is 17.0 Å². The first kappa shape index (κ1) is 22.0. The van der Waals surface area contributed by atoms with Crippen LogP contribution < -0.4 is 10.9 Å². The third-order valence-electron chi connectivity index (χ3n) is 5.21. The molecule has 3 aromatic rings. The zero-order valence-electron chi connectivity index (χ0n) is 18.3. The molecule has 0 fully saturated rings. The van der Waals surface area contributed by atoms with Crippen LogP contribution in [0.1, 0.15) is 37.4 Å². The number of hydrogen-bond acceptors (Lipinski definition) is 3. The van der Waals surface area contributed by atoms with Gasteiger partial charge < -0.3 is 14.8 Å². The van der Waals surface area contributed by atoms with E-state index in [1.807, 2.05) is 37.3 Å². The van der Waals surface area contributed by atoms with Gasteiger partial charge in [0.2, 0.25) is 0 Å². The van der Waals surface area contributed by atoms with Crippen LogP contribution in [0.4, 0.5) is 5.69 Å². The summed E-state index contributed by atoms with van der Waals surface area (Å²) in [6.45, 7) is 4.06. The van der Waals surface area contributed by atoms with Crippen molar-refractivity contribution in [3.05, 3.63) is 99.0 Å². The molecule has 6 nitrogen and oxygen atoms in total. The first-order valence-electron chi connectivity index (χ1n) is 10.2. The van der Waals surface area contributed by atoms with Gasteiger partial charge in [0.1, 0.15) is 5.56 Å². The second-order valence-electron chi connectivity index (χ2n) is 7.79. The monoisotopic (exact) mass is 417 g/mol. The molecular weight excluding hydrogens is 390 g/mol. The lowest BCUT2D eigenvalue weighted by molar-refractivity contribution is 0.0827. The number of aromatic nitrogens is 1. The van der Waals surface area contributed by atoms with Crippen molar-refractivity contribution >= 4 is 17.5 Å². The van der Waals surface area contributed by atoms with Gasteiger partial charge in [-0.05, 0) is 61.2 Å². The lowest BCUT2D eigenvalue weighted by Crippen LogP contribution is -2.30. The van der Waals surface area contributed by atoms with E-state index in [1.54, 1.807) is 56.0 Å². The second kappa shape index (κ2) is 9.43. The van der Waals surface area contributed by atoms with Gasteiger partial charge >= 0.3 is 0 Å². The summed E-state index contributed by atoms with van der Waals surface area (Å²) < 4.78 is 1.57. The van der Waals surface area contributed by atoms with Crippen LogP contribution in [-0.4, -0.2) is 35.4 Å². The summed E-state index contributed by atoms with van der Waals surface area (Å²) in [7, 11) is 3.38. The highest BCUT2D eigenvalue weighted by molar-refractivity contribution is 6.05. The van der Waals surface area contributed by atoms with Crippen LogP contribution in [0.25, 0.3) is 0 Å². The topological polar surface area (TPSA) is 71.4 Å². The highest BCUT2D eigenvalue weighted by Gasteiger charge is 2.17. The van der Waals surface area contributed by atoms with Crippen molar-refractivity contribution in [2.75, 3.05) is 19.4 Å². The maximum atomic E-state index is 13.0. The lowest BCUT2D eigenvalue weighted by Gasteiger charge is -2.14. The minimum absolute atomic E-state index is 0.110. The van der Waals surface area contributed by atoms with Gasteiger partial charge in [-0.3, -0.25) is 14.4 Å². The predicted molar refractivity (Wildman–Crippen MR) is 123 cm³/mol. The molecule has 0 aliphatic carbocycles. The van der Waals surface area contributed by atoms with E-state index in [2.05, 4.69) is 5.32 Å². The van der Waals surface area contributed by atoms with Crippen molar-refractivity contribution in [1.82, 2.24) is 9.47 Å². The normalized spacial score (nSPS) is 10.6. The lowest BCUT2D eigenvalue weighted by atomic mass is 10.1. The van der Waals surface area contributed by atoms with Gasteiger partial charge in [0.25, 0.3) is 17.4 Å². The van der Waals surface area contributed by atoms with Gasteiger partial charge in [0.15, 0.2) is 0 Å². The minimum atomic E-state index is -0.452. The maximum Gasteiger partial charge on any atom is 0.263 e. The van der Waals surface area contributed by atoms with Crippen molar-refractivity contribution in [1.29, 1.82) is 0 Å². The smallest absolute Gasteiger partial charge is 0.263 e. The van der Waals surface area contributed by atoms with Crippen molar-refractivity contribution in [2.24, 2.45) is 0 Å². The number of anilines is 1. The van der Waals surface area contributed by atoms with E-state index >= 15 is 0 Å². The SMILES string of the molecule is Cc1cc(C(=O)N(C)C)ccc1NC(=O)c1c(C)ccn(CCc2ccccc2)c1=O. The van der Waals surface area contributed by atoms with Crippen molar-refractivity contribution in [2.45, 2.75) is 26.8 Å². The number of carbonyl (C=O) groups excluding carboxylic acids is 2. The fourth-order valence-corrected chi connectivity index (χ4v) is 3.39. The molecule has 0 unspecified atom stereocenters. The minimum Gasteiger partial charge on any atom is -0.345 e. The van der Waals surface area contributed by atoms with Crippen LogP contribution in [0.15, 0.2) is 65.6 Å². The Bertz CT molecular complexity index is 1160. The number of hydrogen-bond donors (Lipinski definition) is 1. The summed E-state index contributed by atoms with van der Waals surface area (Å²) in [6, 6.07) is 16.8. The fourth-order valence-electron chi connectivity index (χ4n) is 3.39. The Balaban J connectivity index is 1.81. The summed E-state index contributed by atoms with van der Waals surface area (Å²) in [5, 5.41) is 2.83. The molecule has 0 atom stereocenters. The zero-order chi connectivity index (χ0) is 22.5. The van der Waals surface area contributed by atoms with Gasteiger partial charge in [0.05, 0.1) is 0 Å².